The summed E-state index contributed by atoms with van der Waals surface area (Å²) in [6.07, 6.45) is 3.49. The molecule has 2 aromatic rings. The molecule has 98 valence electrons. The number of aromatic nitrogens is 2. The van der Waals surface area contributed by atoms with Gasteiger partial charge in [-0.05, 0) is 6.07 Å². The summed E-state index contributed by atoms with van der Waals surface area (Å²) in [6, 6.07) is 8.09. The summed E-state index contributed by atoms with van der Waals surface area (Å²) in [5.74, 6) is 2.20. The van der Waals surface area contributed by atoms with E-state index in [1.807, 2.05) is 18.2 Å². The average molecular weight is 276 g/mol. The number of benzene rings is 1. The molecular formula is C14H14ClN3O. The van der Waals surface area contributed by atoms with Gasteiger partial charge in [0.2, 0.25) is 0 Å². The van der Waals surface area contributed by atoms with Crippen molar-refractivity contribution in [2.24, 2.45) is 0 Å². The second-order valence-electron chi connectivity index (χ2n) is 4.38. The van der Waals surface area contributed by atoms with Gasteiger partial charge in [-0.25, -0.2) is 4.98 Å². The Balaban J connectivity index is 1.85. The molecule has 0 spiro atoms. The van der Waals surface area contributed by atoms with Crippen molar-refractivity contribution in [3.8, 4) is 5.75 Å². The largest absolute Gasteiger partial charge is 0.491 e. The smallest absolute Gasteiger partial charge is 0.147 e. The molecule has 1 aliphatic rings. The monoisotopic (exact) mass is 275 g/mol. The molecule has 0 radical (unpaired) electrons. The van der Waals surface area contributed by atoms with Crippen LogP contribution in [0.5, 0.6) is 5.75 Å². The van der Waals surface area contributed by atoms with Crippen molar-refractivity contribution in [3.63, 3.8) is 0 Å². The normalized spacial score (nSPS) is 14.5. The lowest BCUT2D eigenvalue weighted by atomic mass is 10.2. The van der Waals surface area contributed by atoms with Crippen LogP contribution in [0.15, 0.2) is 36.7 Å². The lowest BCUT2D eigenvalue weighted by Crippen LogP contribution is -2.26. The van der Waals surface area contributed by atoms with E-state index < -0.39 is 0 Å². The molecule has 0 N–H and O–H groups in total. The molecule has 1 aromatic heterocycles. The minimum absolute atomic E-state index is 0.388. The Morgan fingerprint density at radius 1 is 1.21 bits per heavy atom. The summed E-state index contributed by atoms with van der Waals surface area (Å²) in [7, 11) is 0. The summed E-state index contributed by atoms with van der Waals surface area (Å²) >= 11 is 5.72. The van der Waals surface area contributed by atoms with Gasteiger partial charge in [-0.15, -0.1) is 11.6 Å². The Labute approximate surface area is 117 Å². The Morgan fingerprint density at radius 3 is 2.89 bits per heavy atom. The Hall–Kier alpha value is -1.81. The fraction of sp³-hybridized carbons (Fsp3) is 0.286. The van der Waals surface area contributed by atoms with E-state index in [0.29, 0.717) is 12.5 Å². The number of hydrogen-bond acceptors (Lipinski definition) is 4. The molecular weight excluding hydrogens is 262 g/mol. The van der Waals surface area contributed by atoms with Crippen LogP contribution in [0.1, 0.15) is 11.3 Å². The molecule has 1 aromatic carbocycles. The zero-order valence-corrected chi connectivity index (χ0v) is 11.2. The van der Waals surface area contributed by atoms with Gasteiger partial charge in [0.1, 0.15) is 18.2 Å². The lowest BCUT2D eigenvalue weighted by molar-refractivity contribution is 0.331. The molecule has 0 aliphatic carbocycles. The molecule has 0 fully saturated rings. The van der Waals surface area contributed by atoms with E-state index in [1.54, 1.807) is 12.4 Å². The summed E-state index contributed by atoms with van der Waals surface area (Å²) < 4.78 is 5.73. The van der Waals surface area contributed by atoms with Gasteiger partial charge >= 0.3 is 0 Å². The molecule has 0 amide bonds. The molecule has 1 aliphatic heterocycles. The van der Waals surface area contributed by atoms with Gasteiger partial charge in [0.15, 0.2) is 0 Å². The first kappa shape index (κ1) is 12.2. The number of hydrogen-bond donors (Lipinski definition) is 0. The number of alkyl halides is 1. The quantitative estimate of drug-likeness (QED) is 0.790. The molecule has 0 bridgehead atoms. The number of nitrogens with zero attached hydrogens (tertiary/aromatic N) is 3. The van der Waals surface area contributed by atoms with Gasteiger partial charge in [-0.3, -0.25) is 4.98 Å². The van der Waals surface area contributed by atoms with Crippen molar-refractivity contribution in [1.29, 1.82) is 0 Å². The van der Waals surface area contributed by atoms with E-state index >= 15 is 0 Å². The highest BCUT2D eigenvalue weighted by atomic mass is 35.5. The van der Waals surface area contributed by atoms with E-state index in [0.717, 1.165) is 30.4 Å². The van der Waals surface area contributed by atoms with Crippen molar-refractivity contribution in [2.75, 3.05) is 18.1 Å². The van der Waals surface area contributed by atoms with E-state index in [4.69, 9.17) is 16.3 Å². The van der Waals surface area contributed by atoms with Crippen LogP contribution in [-0.2, 0) is 12.4 Å². The fourth-order valence-electron chi connectivity index (χ4n) is 2.10. The number of rotatable bonds is 2. The maximum Gasteiger partial charge on any atom is 0.147 e. The third kappa shape index (κ3) is 2.63. The lowest BCUT2D eigenvalue weighted by Gasteiger charge is -2.20. The molecule has 19 heavy (non-hydrogen) atoms. The third-order valence-corrected chi connectivity index (χ3v) is 3.38. The van der Waals surface area contributed by atoms with Crippen LogP contribution in [0.25, 0.3) is 0 Å². The van der Waals surface area contributed by atoms with E-state index in [1.165, 1.54) is 5.56 Å². The van der Waals surface area contributed by atoms with Crippen LogP contribution in [-0.4, -0.2) is 23.1 Å². The standard InChI is InChI=1S/C14H14ClN3O/c15-7-12-8-17-14(9-16-12)18-5-6-19-13-4-2-1-3-11(13)10-18/h1-4,8-9H,5-7,10H2. The Morgan fingerprint density at radius 2 is 2.11 bits per heavy atom. The molecule has 2 heterocycles. The second kappa shape index (κ2) is 5.45. The van der Waals surface area contributed by atoms with E-state index in [9.17, 15) is 0 Å². The average Bonchev–Trinajstić information content (AvgIpc) is 2.69. The minimum Gasteiger partial charge on any atom is -0.491 e. The van der Waals surface area contributed by atoms with Gasteiger partial charge in [-0.1, -0.05) is 18.2 Å². The highest BCUT2D eigenvalue weighted by Crippen LogP contribution is 2.24. The van der Waals surface area contributed by atoms with E-state index in [2.05, 4.69) is 20.9 Å². The number of anilines is 1. The van der Waals surface area contributed by atoms with Gasteiger partial charge in [0.25, 0.3) is 0 Å². The Bertz CT molecular complexity index is 559. The van der Waals surface area contributed by atoms with Crippen molar-refractivity contribution in [1.82, 2.24) is 9.97 Å². The highest BCUT2D eigenvalue weighted by Gasteiger charge is 2.16. The highest BCUT2D eigenvalue weighted by molar-refractivity contribution is 6.16. The van der Waals surface area contributed by atoms with Crippen molar-refractivity contribution in [2.45, 2.75) is 12.4 Å². The van der Waals surface area contributed by atoms with Gasteiger partial charge in [-0.2, -0.15) is 0 Å². The first-order chi connectivity index (χ1) is 9.36. The van der Waals surface area contributed by atoms with Crippen LogP contribution in [0.4, 0.5) is 5.82 Å². The first-order valence-corrected chi connectivity index (χ1v) is 6.73. The van der Waals surface area contributed by atoms with Crippen LogP contribution >= 0.6 is 11.6 Å². The topological polar surface area (TPSA) is 38.2 Å². The molecule has 0 unspecified atom stereocenters. The van der Waals surface area contributed by atoms with Gasteiger partial charge in [0, 0.05) is 12.1 Å². The zero-order valence-electron chi connectivity index (χ0n) is 10.4. The number of ether oxygens (including phenoxy) is 1. The maximum absolute atomic E-state index is 5.73. The predicted molar refractivity (Wildman–Crippen MR) is 74.6 cm³/mol. The summed E-state index contributed by atoms with van der Waals surface area (Å²) in [5, 5.41) is 0. The first-order valence-electron chi connectivity index (χ1n) is 6.19. The van der Waals surface area contributed by atoms with Gasteiger partial charge < -0.3 is 9.64 Å². The summed E-state index contributed by atoms with van der Waals surface area (Å²) in [6.45, 7) is 2.23. The third-order valence-electron chi connectivity index (χ3n) is 3.11. The Kier molecular flexibility index (Phi) is 3.51. The SMILES string of the molecule is ClCc1cnc(N2CCOc3ccccc3C2)cn1. The zero-order chi connectivity index (χ0) is 13.1. The summed E-state index contributed by atoms with van der Waals surface area (Å²) in [4.78, 5) is 10.9. The maximum atomic E-state index is 5.73. The van der Waals surface area contributed by atoms with Crippen LogP contribution < -0.4 is 9.64 Å². The number of para-hydroxylation sites is 1. The van der Waals surface area contributed by atoms with Crippen LogP contribution in [0.2, 0.25) is 0 Å². The minimum atomic E-state index is 0.388. The van der Waals surface area contributed by atoms with Crippen LogP contribution in [0, 0.1) is 0 Å². The molecule has 0 saturated heterocycles. The molecule has 3 rings (SSSR count). The molecule has 0 saturated carbocycles. The fourth-order valence-corrected chi connectivity index (χ4v) is 2.24. The number of halogens is 1. The van der Waals surface area contributed by atoms with E-state index in [-0.39, 0.29) is 0 Å². The van der Waals surface area contributed by atoms with Crippen molar-refractivity contribution < 1.29 is 4.74 Å². The molecule has 0 atom stereocenters. The molecule has 5 heteroatoms. The van der Waals surface area contributed by atoms with Crippen molar-refractivity contribution >= 4 is 17.4 Å². The second-order valence-corrected chi connectivity index (χ2v) is 4.64. The van der Waals surface area contributed by atoms with Gasteiger partial charge in [0.05, 0.1) is 30.5 Å². The van der Waals surface area contributed by atoms with Crippen molar-refractivity contribution in [3.05, 3.63) is 47.9 Å². The number of fused-ring (bicyclic) bond motifs is 1. The summed E-state index contributed by atoms with van der Waals surface area (Å²) in [5.41, 5.74) is 1.96. The van der Waals surface area contributed by atoms with Crippen LogP contribution in [0.3, 0.4) is 0 Å². The predicted octanol–water partition coefficient (Wildman–Crippen LogP) is 2.61. The molecule has 4 nitrogen and oxygen atoms in total.